The van der Waals surface area contributed by atoms with Crippen molar-refractivity contribution in [1.82, 2.24) is 20.1 Å². The van der Waals surface area contributed by atoms with Gasteiger partial charge in [-0.05, 0) is 32.0 Å². The van der Waals surface area contributed by atoms with E-state index in [9.17, 15) is 19.7 Å². The van der Waals surface area contributed by atoms with Crippen molar-refractivity contribution < 1.29 is 9.72 Å². The van der Waals surface area contributed by atoms with Crippen LogP contribution in [-0.2, 0) is 6.54 Å². The summed E-state index contributed by atoms with van der Waals surface area (Å²) in [5.41, 5.74) is 0.879. The SMILES string of the molecule is Cc1cccc(CNC(=O)c2nn(-c3ccccc3[N+](=O)[O-])c(C)cc2=O)n1. The molecular formula is C19H17N5O4. The Labute approximate surface area is 159 Å². The quantitative estimate of drug-likeness (QED) is 0.535. The Kier molecular flexibility index (Phi) is 5.25. The van der Waals surface area contributed by atoms with Crippen LogP contribution in [0.4, 0.5) is 5.69 Å². The van der Waals surface area contributed by atoms with E-state index in [-0.39, 0.29) is 23.6 Å². The lowest BCUT2D eigenvalue weighted by molar-refractivity contribution is -0.384. The first-order chi connectivity index (χ1) is 13.4. The highest BCUT2D eigenvalue weighted by atomic mass is 16.6. The largest absolute Gasteiger partial charge is 0.345 e. The fourth-order valence-corrected chi connectivity index (χ4v) is 2.70. The van der Waals surface area contributed by atoms with Gasteiger partial charge in [-0.1, -0.05) is 18.2 Å². The van der Waals surface area contributed by atoms with Gasteiger partial charge in [0.15, 0.2) is 5.69 Å². The first kappa shape index (κ1) is 18.9. The molecule has 1 amide bonds. The Bertz CT molecular complexity index is 1120. The van der Waals surface area contributed by atoms with Gasteiger partial charge in [-0.2, -0.15) is 5.10 Å². The maximum Gasteiger partial charge on any atom is 0.294 e. The number of benzene rings is 1. The zero-order valence-electron chi connectivity index (χ0n) is 15.2. The minimum atomic E-state index is -0.680. The van der Waals surface area contributed by atoms with E-state index in [1.807, 2.05) is 19.1 Å². The Hall–Kier alpha value is -3.88. The van der Waals surface area contributed by atoms with E-state index in [0.717, 1.165) is 5.69 Å². The van der Waals surface area contributed by atoms with Crippen molar-refractivity contribution in [3.8, 4) is 5.69 Å². The number of rotatable bonds is 5. The van der Waals surface area contributed by atoms with Crippen LogP contribution in [0.15, 0.2) is 53.3 Å². The molecule has 0 radical (unpaired) electrons. The second kappa shape index (κ2) is 7.78. The molecule has 1 aromatic carbocycles. The van der Waals surface area contributed by atoms with Crippen LogP contribution in [0.1, 0.15) is 27.6 Å². The van der Waals surface area contributed by atoms with Crippen molar-refractivity contribution in [3.63, 3.8) is 0 Å². The van der Waals surface area contributed by atoms with Crippen LogP contribution in [0, 0.1) is 24.0 Å². The standard InChI is InChI=1S/C19H17N5O4/c1-12-6-5-7-14(21-12)11-20-19(26)18-17(25)10-13(2)23(22-18)15-8-3-4-9-16(15)24(27)28/h3-10H,11H2,1-2H3,(H,20,26). The van der Waals surface area contributed by atoms with E-state index in [0.29, 0.717) is 11.4 Å². The molecular weight excluding hydrogens is 362 g/mol. The Morgan fingerprint density at radius 3 is 2.64 bits per heavy atom. The summed E-state index contributed by atoms with van der Waals surface area (Å²) in [6.45, 7) is 3.54. The third-order valence-electron chi connectivity index (χ3n) is 4.01. The smallest absolute Gasteiger partial charge is 0.294 e. The first-order valence-electron chi connectivity index (χ1n) is 8.42. The van der Waals surface area contributed by atoms with Gasteiger partial charge in [0.1, 0.15) is 5.69 Å². The molecule has 3 rings (SSSR count). The molecule has 0 fully saturated rings. The Morgan fingerprint density at radius 2 is 1.93 bits per heavy atom. The zero-order valence-corrected chi connectivity index (χ0v) is 15.2. The van der Waals surface area contributed by atoms with E-state index >= 15 is 0 Å². The molecule has 9 nitrogen and oxygen atoms in total. The molecule has 142 valence electrons. The van der Waals surface area contributed by atoms with E-state index in [1.165, 1.54) is 28.9 Å². The Morgan fingerprint density at radius 1 is 1.18 bits per heavy atom. The minimum absolute atomic E-state index is 0.126. The second-order valence-electron chi connectivity index (χ2n) is 6.11. The number of nitrogens with zero attached hydrogens (tertiary/aromatic N) is 4. The molecule has 0 unspecified atom stereocenters. The van der Waals surface area contributed by atoms with Crippen molar-refractivity contribution >= 4 is 11.6 Å². The molecule has 28 heavy (non-hydrogen) atoms. The number of hydrogen-bond donors (Lipinski definition) is 1. The van der Waals surface area contributed by atoms with Crippen LogP contribution >= 0.6 is 0 Å². The maximum atomic E-state index is 12.5. The first-order valence-corrected chi connectivity index (χ1v) is 8.42. The topological polar surface area (TPSA) is 120 Å². The average molecular weight is 379 g/mol. The van der Waals surface area contributed by atoms with E-state index in [2.05, 4.69) is 15.4 Å². The molecule has 0 spiro atoms. The molecule has 0 saturated heterocycles. The molecule has 0 bridgehead atoms. The zero-order chi connectivity index (χ0) is 20.3. The third-order valence-corrected chi connectivity index (χ3v) is 4.01. The number of nitro benzene ring substituents is 1. The van der Waals surface area contributed by atoms with Crippen molar-refractivity contribution in [2.45, 2.75) is 20.4 Å². The molecule has 0 aliphatic heterocycles. The van der Waals surface area contributed by atoms with Crippen molar-refractivity contribution in [2.24, 2.45) is 0 Å². The van der Waals surface area contributed by atoms with Crippen molar-refractivity contribution in [3.05, 3.63) is 91.6 Å². The number of hydrogen-bond acceptors (Lipinski definition) is 6. The number of aryl methyl sites for hydroxylation is 2. The number of pyridine rings is 1. The van der Waals surface area contributed by atoms with E-state index < -0.39 is 16.3 Å². The number of amides is 1. The van der Waals surface area contributed by atoms with Gasteiger partial charge in [0.05, 0.1) is 17.2 Å². The number of nitrogens with one attached hydrogen (secondary N) is 1. The van der Waals surface area contributed by atoms with Crippen molar-refractivity contribution in [2.75, 3.05) is 0 Å². The summed E-state index contributed by atoms with van der Waals surface area (Å²) in [7, 11) is 0. The van der Waals surface area contributed by atoms with Crippen LogP contribution in [0.3, 0.4) is 0 Å². The summed E-state index contributed by atoms with van der Waals surface area (Å²) in [4.78, 5) is 39.8. The summed E-state index contributed by atoms with van der Waals surface area (Å²) in [6.07, 6.45) is 0. The van der Waals surface area contributed by atoms with Crippen LogP contribution in [0.5, 0.6) is 0 Å². The fraction of sp³-hybridized carbons (Fsp3) is 0.158. The van der Waals surface area contributed by atoms with Gasteiger partial charge >= 0.3 is 0 Å². The van der Waals surface area contributed by atoms with E-state index in [4.69, 9.17) is 0 Å². The van der Waals surface area contributed by atoms with Gasteiger partial charge in [-0.3, -0.25) is 24.7 Å². The monoisotopic (exact) mass is 379 g/mol. The lowest BCUT2D eigenvalue weighted by Crippen LogP contribution is -2.32. The van der Waals surface area contributed by atoms with Gasteiger partial charge in [0.25, 0.3) is 11.6 Å². The summed E-state index contributed by atoms with van der Waals surface area (Å²) in [5.74, 6) is -0.680. The van der Waals surface area contributed by atoms with Gasteiger partial charge in [0.2, 0.25) is 5.43 Å². The summed E-state index contributed by atoms with van der Waals surface area (Å²) < 4.78 is 1.22. The minimum Gasteiger partial charge on any atom is -0.345 e. The predicted molar refractivity (Wildman–Crippen MR) is 101 cm³/mol. The molecule has 9 heteroatoms. The van der Waals surface area contributed by atoms with Crippen LogP contribution in [-0.4, -0.2) is 25.6 Å². The summed E-state index contributed by atoms with van der Waals surface area (Å²) in [6, 6.07) is 12.6. The predicted octanol–water partition coefficient (Wildman–Crippen LogP) is 2.08. The lowest BCUT2D eigenvalue weighted by atomic mass is 10.2. The summed E-state index contributed by atoms with van der Waals surface area (Å²) >= 11 is 0. The summed E-state index contributed by atoms with van der Waals surface area (Å²) in [5, 5.41) is 18.0. The number of carbonyl (C=O) groups excluding carboxylic acids is 1. The highest BCUT2D eigenvalue weighted by Gasteiger charge is 2.20. The Balaban J connectivity index is 1.95. The van der Waals surface area contributed by atoms with Crippen LogP contribution in [0.25, 0.3) is 5.69 Å². The van der Waals surface area contributed by atoms with Gasteiger partial charge in [-0.25, -0.2) is 4.68 Å². The van der Waals surface area contributed by atoms with Gasteiger partial charge in [-0.15, -0.1) is 0 Å². The van der Waals surface area contributed by atoms with E-state index in [1.54, 1.807) is 19.1 Å². The third kappa shape index (κ3) is 3.93. The number of nitro groups is 1. The molecule has 0 atom stereocenters. The lowest BCUT2D eigenvalue weighted by Gasteiger charge is -2.11. The number of aromatic nitrogens is 3. The number of carbonyl (C=O) groups is 1. The molecule has 2 aromatic heterocycles. The highest BCUT2D eigenvalue weighted by molar-refractivity contribution is 5.92. The van der Waals surface area contributed by atoms with Gasteiger partial charge < -0.3 is 5.32 Å². The highest BCUT2D eigenvalue weighted by Crippen LogP contribution is 2.22. The van der Waals surface area contributed by atoms with Gasteiger partial charge in [0, 0.05) is 23.5 Å². The number of para-hydroxylation sites is 2. The molecule has 3 aromatic rings. The molecule has 0 saturated carbocycles. The van der Waals surface area contributed by atoms with Crippen LogP contribution < -0.4 is 10.7 Å². The van der Waals surface area contributed by atoms with Crippen LogP contribution in [0.2, 0.25) is 0 Å². The molecule has 0 aliphatic rings. The molecule has 2 heterocycles. The maximum absolute atomic E-state index is 12.5. The normalized spacial score (nSPS) is 10.5. The second-order valence-corrected chi connectivity index (χ2v) is 6.11. The average Bonchev–Trinajstić information content (AvgIpc) is 2.66. The van der Waals surface area contributed by atoms with Crippen molar-refractivity contribution in [1.29, 1.82) is 0 Å². The fourth-order valence-electron chi connectivity index (χ4n) is 2.70. The molecule has 0 aliphatic carbocycles. The molecule has 1 N–H and O–H groups in total.